The molecule has 1 N–H and O–H groups in total. The molecule has 1 amide bonds. The minimum atomic E-state index is -0.489. The standard InChI is InChI=1S/C20H22N2O3/c23-18-8-3-5-15(13-18)9-10-17-7-1-2-12-22(17)20(25)19(24)16-6-4-11-21-14-16/h3-6,8,11,13-14,17,23H,1-2,7,9-10,12H2. The van der Waals surface area contributed by atoms with Crippen LogP contribution < -0.4 is 0 Å². The first kappa shape index (κ1) is 17.1. The second kappa shape index (κ2) is 7.92. The number of aromatic nitrogens is 1. The summed E-state index contributed by atoms with van der Waals surface area (Å²) in [6.45, 7) is 0.621. The molecule has 130 valence electrons. The minimum Gasteiger partial charge on any atom is -0.508 e. The zero-order chi connectivity index (χ0) is 17.6. The van der Waals surface area contributed by atoms with Crippen LogP contribution in [0.1, 0.15) is 41.6 Å². The number of pyridine rings is 1. The number of phenolic OH excluding ortho intramolecular Hbond substituents is 1. The summed E-state index contributed by atoms with van der Waals surface area (Å²) in [5, 5.41) is 9.57. The summed E-state index contributed by atoms with van der Waals surface area (Å²) < 4.78 is 0. The molecular weight excluding hydrogens is 316 g/mol. The quantitative estimate of drug-likeness (QED) is 0.672. The van der Waals surface area contributed by atoms with Gasteiger partial charge >= 0.3 is 0 Å². The number of Topliss-reactive ketones (excluding diaryl/α,β-unsaturated/α-hetero) is 1. The van der Waals surface area contributed by atoms with Crippen LogP contribution in [0.3, 0.4) is 0 Å². The Morgan fingerprint density at radius 1 is 1.20 bits per heavy atom. The van der Waals surface area contributed by atoms with Crippen molar-refractivity contribution in [1.82, 2.24) is 9.88 Å². The number of piperidine rings is 1. The molecule has 2 aromatic rings. The van der Waals surface area contributed by atoms with Gasteiger partial charge in [0.1, 0.15) is 5.75 Å². The number of ketones is 1. The van der Waals surface area contributed by atoms with E-state index in [0.717, 1.165) is 37.7 Å². The Morgan fingerprint density at radius 2 is 2.08 bits per heavy atom. The monoisotopic (exact) mass is 338 g/mol. The number of carbonyl (C=O) groups is 2. The fourth-order valence-corrected chi connectivity index (χ4v) is 3.36. The molecule has 1 aromatic heterocycles. The van der Waals surface area contributed by atoms with E-state index >= 15 is 0 Å². The second-order valence-electron chi connectivity index (χ2n) is 6.43. The average molecular weight is 338 g/mol. The summed E-state index contributed by atoms with van der Waals surface area (Å²) in [6.07, 6.45) is 7.47. The van der Waals surface area contributed by atoms with Crippen molar-refractivity contribution in [2.24, 2.45) is 0 Å². The van der Waals surface area contributed by atoms with Gasteiger partial charge in [-0.15, -0.1) is 0 Å². The molecule has 0 saturated carbocycles. The van der Waals surface area contributed by atoms with Crippen LogP contribution in [-0.2, 0) is 11.2 Å². The van der Waals surface area contributed by atoms with Crippen molar-refractivity contribution in [2.45, 2.75) is 38.1 Å². The number of hydrogen-bond acceptors (Lipinski definition) is 4. The van der Waals surface area contributed by atoms with Crippen LogP contribution >= 0.6 is 0 Å². The first-order valence-corrected chi connectivity index (χ1v) is 8.68. The highest BCUT2D eigenvalue weighted by Gasteiger charge is 2.31. The van der Waals surface area contributed by atoms with Crippen molar-refractivity contribution in [2.75, 3.05) is 6.54 Å². The van der Waals surface area contributed by atoms with E-state index in [9.17, 15) is 14.7 Å². The predicted molar refractivity (Wildman–Crippen MR) is 94.3 cm³/mol. The third kappa shape index (κ3) is 4.24. The Hall–Kier alpha value is -2.69. The maximum Gasteiger partial charge on any atom is 0.295 e. The molecule has 1 aliphatic heterocycles. The fourth-order valence-electron chi connectivity index (χ4n) is 3.36. The van der Waals surface area contributed by atoms with Crippen LogP contribution in [0, 0.1) is 0 Å². The summed E-state index contributed by atoms with van der Waals surface area (Å²) in [4.78, 5) is 30.8. The van der Waals surface area contributed by atoms with Gasteiger partial charge in [0.2, 0.25) is 0 Å². The molecule has 5 nitrogen and oxygen atoms in total. The smallest absolute Gasteiger partial charge is 0.295 e. The van der Waals surface area contributed by atoms with Crippen molar-refractivity contribution in [3.05, 3.63) is 59.9 Å². The highest BCUT2D eigenvalue weighted by Crippen LogP contribution is 2.23. The van der Waals surface area contributed by atoms with Gasteiger partial charge in [-0.3, -0.25) is 14.6 Å². The fraction of sp³-hybridized carbons (Fsp3) is 0.350. The van der Waals surface area contributed by atoms with Crippen molar-refractivity contribution in [3.8, 4) is 5.75 Å². The number of aryl methyl sites for hydroxylation is 1. The molecule has 0 radical (unpaired) electrons. The minimum absolute atomic E-state index is 0.0595. The lowest BCUT2D eigenvalue weighted by Crippen LogP contribution is -2.47. The molecule has 0 aliphatic carbocycles. The number of carbonyl (C=O) groups excluding carboxylic acids is 2. The Labute approximate surface area is 147 Å². The zero-order valence-corrected chi connectivity index (χ0v) is 14.1. The summed E-state index contributed by atoms with van der Waals surface area (Å²) in [6, 6.07) is 10.5. The van der Waals surface area contributed by atoms with Gasteiger partial charge in [-0.1, -0.05) is 12.1 Å². The molecule has 0 spiro atoms. The van der Waals surface area contributed by atoms with Gasteiger partial charge in [0.25, 0.3) is 11.7 Å². The number of amides is 1. The van der Waals surface area contributed by atoms with E-state index < -0.39 is 11.7 Å². The number of benzene rings is 1. The van der Waals surface area contributed by atoms with Crippen molar-refractivity contribution < 1.29 is 14.7 Å². The summed E-state index contributed by atoms with van der Waals surface area (Å²) in [7, 11) is 0. The van der Waals surface area contributed by atoms with E-state index in [4.69, 9.17) is 0 Å². The number of hydrogen-bond donors (Lipinski definition) is 1. The van der Waals surface area contributed by atoms with Crippen LogP contribution in [0.2, 0.25) is 0 Å². The van der Waals surface area contributed by atoms with Gasteiger partial charge < -0.3 is 10.0 Å². The van der Waals surface area contributed by atoms with E-state index in [0.29, 0.717) is 12.1 Å². The second-order valence-corrected chi connectivity index (χ2v) is 6.43. The maximum absolute atomic E-state index is 12.7. The lowest BCUT2D eigenvalue weighted by atomic mass is 9.95. The van der Waals surface area contributed by atoms with Gasteiger partial charge in [-0.2, -0.15) is 0 Å². The number of aromatic hydroxyl groups is 1. The Bertz CT molecular complexity index is 746. The third-order valence-electron chi connectivity index (χ3n) is 4.68. The molecule has 5 heteroatoms. The van der Waals surface area contributed by atoms with Gasteiger partial charge in [0, 0.05) is 30.5 Å². The van der Waals surface area contributed by atoms with Crippen molar-refractivity contribution in [1.29, 1.82) is 0 Å². The van der Waals surface area contributed by atoms with Crippen molar-refractivity contribution in [3.63, 3.8) is 0 Å². The van der Waals surface area contributed by atoms with Crippen LogP contribution in [0.15, 0.2) is 48.8 Å². The molecule has 1 aromatic carbocycles. The number of rotatable bonds is 5. The summed E-state index contributed by atoms with van der Waals surface area (Å²) in [5.74, 6) is -0.674. The lowest BCUT2D eigenvalue weighted by molar-refractivity contribution is -0.130. The van der Waals surface area contributed by atoms with Crippen LogP contribution in [-0.4, -0.2) is 39.3 Å². The highest BCUT2D eigenvalue weighted by atomic mass is 16.3. The van der Waals surface area contributed by atoms with Crippen LogP contribution in [0.4, 0.5) is 0 Å². The molecule has 1 aliphatic rings. The lowest BCUT2D eigenvalue weighted by Gasteiger charge is -2.35. The summed E-state index contributed by atoms with van der Waals surface area (Å²) in [5.41, 5.74) is 1.38. The third-order valence-corrected chi connectivity index (χ3v) is 4.68. The molecule has 1 unspecified atom stereocenters. The SMILES string of the molecule is O=C(C(=O)N1CCCCC1CCc1cccc(O)c1)c1cccnc1. The number of nitrogens with zero attached hydrogens (tertiary/aromatic N) is 2. The van der Waals surface area contributed by atoms with E-state index in [2.05, 4.69) is 4.98 Å². The molecule has 3 rings (SSSR count). The Morgan fingerprint density at radius 3 is 2.84 bits per heavy atom. The van der Waals surface area contributed by atoms with E-state index in [1.165, 1.54) is 6.20 Å². The number of likely N-dealkylation sites (tertiary alicyclic amines) is 1. The first-order chi connectivity index (χ1) is 12.1. The highest BCUT2D eigenvalue weighted by molar-refractivity contribution is 6.42. The molecule has 1 fully saturated rings. The molecule has 25 heavy (non-hydrogen) atoms. The van der Waals surface area contributed by atoms with Crippen molar-refractivity contribution >= 4 is 11.7 Å². The topological polar surface area (TPSA) is 70.5 Å². The van der Waals surface area contributed by atoms with E-state index in [1.807, 2.05) is 12.1 Å². The zero-order valence-electron chi connectivity index (χ0n) is 14.1. The summed E-state index contributed by atoms with van der Waals surface area (Å²) >= 11 is 0. The molecular formula is C20H22N2O3. The Kier molecular flexibility index (Phi) is 5.43. The maximum atomic E-state index is 12.7. The number of phenols is 1. The van der Waals surface area contributed by atoms with Gasteiger partial charge in [0.15, 0.2) is 0 Å². The van der Waals surface area contributed by atoms with Crippen LogP contribution in [0.25, 0.3) is 0 Å². The van der Waals surface area contributed by atoms with Gasteiger partial charge in [0.05, 0.1) is 0 Å². The van der Waals surface area contributed by atoms with E-state index in [1.54, 1.807) is 35.4 Å². The largest absolute Gasteiger partial charge is 0.508 e. The van der Waals surface area contributed by atoms with Gasteiger partial charge in [-0.25, -0.2) is 0 Å². The normalized spacial score (nSPS) is 17.3. The van der Waals surface area contributed by atoms with Crippen LogP contribution in [0.5, 0.6) is 5.75 Å². The molecule has 0 bridgehead atoms. The molecule has 1 atom stereocenters. The van der Waals surface area contributed by atoms with E-state index in [-0.39, 0.29) is 11.8 Å². The molecule has 2 heterocycles. The van der Waals surface area contributed by atoms with Gasteiger partial charge in [-0.05, 0) is 61.9 Å². The molecule has 1 saturated heterocycles. The Balaban J connectivity index is 1.68. The predicted octanol–water partition coefficient (Wildman–Crippen LogP) is 2.98. The average Bonchev–Trinajstić information content (AvgIpc) is 2.66. The first-order valence-electron chi connectivity index (χ1n) is 8.68.